The molecule has 0 rings (SSSR count). The highest BCUT2D eigenvalue weighted by molar-refractivity contribution is 7.53. The van der Waals surface area contributed by atoms with Gasteiger partial charge in [-0.15, -0.1) is 0 Å². The lowest BCUT2D eigenvalue weighted by Crippen LogP contribution is -2.34. The van der Waals surface area contributed by atoms with Gasteiger partial charge in [-0.25, -0.2) is 0 Å². The zero-order chi connectivity index (χ0) is 10.9. The molecule has 0 aliphatic carbocycles. The second-order valence-corrected chi connectivity index (χ2v) is 6.60. The summed E-state index contributed by atoms with van der Waals surface area (Å²) >= 11 is 0. The van der Waals surface area contributed by atoms with Gasteiger partial charge in [0.05, 0.1) is 0 Å². The standard InChI is InChI=1S/C4H13NO6P2/c1-3(12(6,7)8)5-4(2)13(9,10)11/h3-5H,1-2H3,(H2,6,7,8)(H2,9,10,11). The Bertz CT molecular complexity index is 229. The summed E-state index contributed by atoms with van der Waals surface area (Å²) in [6.45, 7) is 2.32. The van der Waals surface area contributed by atoms with E-state index in [4.69, 9.17) is 19.6 Å². The maximum atomic E-state index is 10.6. The van der Waals surface area contributed by atoms with Crippen molar-refractivity contribution in [3.8, 4) is 0 Å². The molecular weight excluding hydrogens is 220 g/mol. The van der Waals surface area contributed by atoms with E-state index in [1.54, 1.807) is 0 Å². The van der Waals surface area contributed by atoms with E-state index >= 15 is 0 Å². The van der Waals surface area contributed by atoms with Crippen LogP contribution in [0.15, 0.2) is 0 Å². The normalized spacial score (nSPS) is 18.3. The summed E-state index contributed by atoms with van der Waals surface area (Å²) in [5.74, 6) is -2.54. The second kappa shape index (κ2) is 4.19. The van der Waals surface area contributed by atoms with E-state index in [2.05, 4.69) is 5.32 Å². The van der Waals surface area contributed by atoms with E-state index in [0.717, 1.165) is 13.8 Å². The van der Waals surface area contributed by atoms with Crippen molar-refractivity contribution in [2.24, 2.45) is 0 Å². The van der Waals surface area contributed by atoms with Crippen LogP contribution >= 0.6 is 15.2 Å². The third kappa shape index (κ3) is 4.88. The van der Waals surface area contributed by atoms with Crippen molar-refractivity contribution in [3.05, 3.63) is 0 Å². The van der Waals surface area contributed by atoms with E-state index in [0.29, 0.717) is 0 Å². The van der Waals surface area contributed by atoms with E-state index < -0.39 is 26.8 Å². The molecule has 0 amide bonds. The van der Waals surface area contributed by atoms with Crippen LogP contribution in [0.5, 0.6) is 0 Å². The van der Waals surface area contributed by atoms with Crippen molar-refractivity contribution in [3.63, 3.8) is 0 Å². The maximum absolute atomic E-state index is 10.6. The van der Waals surface area contributed by atoms with Crippen molar-refractivity contribution >= 4 is 15.2 Å². The molecule has 5 N–H and O–H groups in total. The SMILES string of the molecule is CC(NC(C)P(=O)(O)O)P(=O)(O)O. The Morgan fingerprint density at radius 1 is 0.923 bits per heavy atom. The molecule has 0 saturated heterocycles. The Morgan fingerprint density at radius 3 is 1.31 bits per heavy atom. The van der Waals surface area contributed by atoms with Gasteiger partial charge < -0.3 is 19.6 Å². The summed E-state index contributed by atoms with van der Waals surface area (Å²) in [5, 5.41) is 2.13. The van der Waals surface area contributed by atoms with Crippen LogP contribution in [-0.2, 0) is 9.13 Å². The lowest BCUT2D eigenvalue weighted by Gasteiger charge is -2.21. The molecular formula is C4H13NO6P2. The first-order valence-corrected chi connectivity index (χ1v) is 6.78. The highest BCUT2D eigenvalue weighted by Gasteiger charge is 2.31. The quantitative estimate of drug-likeness (QED) is 0.419. The molecule has 2 unspecified atom stereocenters. The van der Waals surface area contributed by atoms with Crippen LogP contribution in [0.2, 0.25) is 0 Å². The minimum Gasteiger partial charge on any atom is -0.323 e. The van der Waals surface area contributed by atoms with Crippen molar-refractivity contribution in [2.75, 3.05) is 0 Å². The summed E-state index contributed by atoms with van der Waals surface area (Å²) in [7, 11) is -8.67. The molecule has 80 valence electrons. The molecule has 0 aliphatic heterocycles. The number of hydrogen-bond acceptors (Lipinski definition) is 3. The molecule has 13 heavy (non-hydrogen) atoms. The van der Waals surface area contributed by atoms with E-state index in [-0.39, 0.29) is 0 Å². The summed E-state index contributed by atoms with van der Waals surface area (Å²) < 4.78 is 21.1. The Morgan fingerprint density at radius 2 is 1.15 bits per heavy atom. The Kier molecular flexibility index (Phi) is 4.27. The minimum atomic E-state index is -4.33. The van der Waals surface area contributed by atoms with E-state index in [9.17, 15) is 9.13 Å². The van der Waals surface area contributed by atoms with Crippen molar-refractivity contribution in [1.82, 2.24) is 5.32 Å². The lowest BCUT2D eigenvalue weighted by atomic mass is 10.6. The third-order valence-electron chi connectivity index (χ3n) is 1.49. The van der Waals surface area contributed by atoms with Crippen LogP contribution in [-0.4, -0.2) is 31.1 Å². The molecule has 0 bridgehead atoms. The Balaban J connectivity index is 4.32. The van der Waals surface area contributed by atoms with Crippen molar-refractivity contribution in [2.45, 2.75) is 25.4 Å². The zero-order valence-electron chi connectivity index (χ0n) is 7.15. The summed E-state index contributed by atoms with van der Waals surface area (Å²) in [6, 6.07) is 0. The molecule has 0 saturated carbocycles. The van der Waals surface area contributed by atoms with Gasteiger partial charge in [0.1, 0.15) is 11.6 Å². The highest BCUT2D eigenvalue weighted by Crippen LogP contribution is 2.44. The smallest absolute Gasteiger partial charge is 0.323 e. The molecule has 0 aromatic heterocycles. The summed E-state index contributed by atoms with van der Waals surface area (Å²) in [5.41, 5.74) is 0. The lowest BCUT2D eigenvalue weighted by molar-refractivity contribution is 0.331. The van der Waals surface area contributed by atoms with Gasteiger partial charge >= 0.3 is 15.2 Å². The highest BCUT2D eigenvalue weighted by atomic mass is 31.2. The van der Waals surface area contributed by atoms with Gasteiger partial charge in [-0.05, 0) is 13.8 Å². The molecule has 9 heteroatoms. The Labute approximate surface area is 75.5 Å². The Hall–Kier alpha value is 0.260. The van der Waals surface area contributed by atoms with Crippen LogP contribution in [0.1, 0.15) is 13.8 Å². The summed E-state index contributed by atoms with van der Waals surface area (Å²) in [6.07, 6.45) is 0. The predicted octanol–water partition coefficient (Wildman–Crippen LogP) is -0.377. The number of rotatable bonds is 4. The average Bonchev–Trinajstić information content (AvgIpc) is 1.82. The molecule has 0 aliphatic rings. The van der Waals surface area contributed by atoms with Gasteiger partial charge in [0.25, 0.3) is 0 Å². The molecule has 0 radical (unpaired) electrons. The fourth-order valence-corrected chi connectivity index (χ4v) is 1.50. The van der Waals surface area contributed by atoms with Gasteiger partial charge in [0.15, 0.2) is 0 Å². The van der Waals surface area contributed by atoms with Crippen LogP contribution in [0.4, 0.5) is 0 Å². The van der Waals surface area contributed by atoms with Gasteiger partial charge in [-0.2, -0.15) is 0 Å². The first-order valence-electron chi connectivity index (χ1n) is 3.41. The molecule has 2 atom stereocenters. The van der Waals surface area contributed by atoms with Crippen LogP contribution in [0.25, 0.3) is 0 Å². The second-order valence-electron chi connectivity index (χ2n) is 2.70. The maximum Gasteiger partial charge on any atom is 0.342 e. The molecule has 0 aromatic carbocycles. The van der Waals surface area contributed by atoms with E-state index in [1.165, 1.54) is 0 Å². The molecule has 0 heterocycles. The third-order valence-corrected chi connectivity index (χ3v) is 3.81. The first kappa shape index (κ1) is 13.3. The first-order chi connectivity index (χ1) is 5.55. The minimum absolute atomic E-state index is 1.16. The van der Waals surface area contributed by atoms with Crippen LogP contribution in [0, 0.1) is 0 Å². The van der Waals surface area contributed by atoms with E-state index in [1.807, 2.05) is 0 Å². The molecule has 0 aromatic rings. The average molecular weight is 233 g/mol. The van der Waals surface area contributed by atoms with Crippen molar-refractivity contribution < 1.29 is 28.7 Å². The van der Waals surface area contributed by atoms with Gasteiger partial charge in [-0.1, -0.05) is 0 Å². The fraction of sp³-hybridized carbons (Fsp3) is 1.00. The topological polar surface area (TPSA) is 127 Å². The number of nitrogens with one attached hydrogen (secondary N) is 1. The summed E-state index contributed by atoms with van der Waals surface area (Å²) in [4.78, 5) is 34.4. The number of hydrogen-bond donors (Lipinski definition) is 5. The molecule has 0 spiro atoms. The van der Waals surface area contributed by atoms with Gasteiger partial charge in [-0.3, -0.25) is 14.4 Å². The fourth-order valence-electron chi connectivity index (χ4n) is 0.543. The predicted molar refractivity (Wildman–Crippen MR) is 46.1 cm³/mol. The van der Waals surface area contributed by atoms with Crippen LogP contribution < -0.4 is 5.32 Å². The van der Waals surface area contributed by atoms with Gasteiger partial charge in [0.2, 0.25) is 0 Å². The molecule has 7 nitrogen and oxygen atoms in total. The molecule has 0 fully saturated rings. The largest absolute Gasteiger partial charge is 0.342 e. The monoisotopic (exact) mass is 233 g/mol. The van der Waals surface area contributed by atoms with Gasteiger partial charge in [0, 0.05) is 0 Å². The van der Waals surface area contributed by atoms with Crippen LogP contribution in [0.3, 0.4) is 0 Å². The van der Waals surface area contributed by atoms with Crippen molar-refractivity contribution in [1.29, 1.82) is 0 Å². The zero-order valence-corrected chi connectivity index (χ0v) is 8.94.